The zero-order chi connectivity index (χ0) is 19.1. The largest absolute Gasteiger partial charge is 0.493 e. The highest BCUT2D eigenvalue weighted by molar-refractivity contribution is 6.07. The average molecular weight is 359 g/mol. The minimum atomic E-state index is -0.845. The van der Waals surface area contributed by atoms with Gasteiger partial charge in [0.05, 0.1) is 26.9 Å². The molecule has 0 saturated heterocycles. The highest BCUT2D eigenvalue weighted by atomic mass is 16.5. The van der Waals surface area contributed by atoms with Crippen LogP contribution in [0, 0.1) is 0 Å². The maximum absolute atomic E-state index is 12.6. The van der Waals surface area contributed by atoms with Crippen molar-refractivity contribution in [2.75, 3.05) is 26.6 Å². The third-order valence-corrected chi connectivity index (χ3v) is 3.79. The van der Waals surface area contributed by atoms with Gasteiger partial charge < -0.3 is 24.6 Å². The Morgan fingerprint density at radius 2 is 1.58 bits per heavy atom. The number of carboxylic acid groups (broad SMARTS) is 1. The minimum Gasteiger partial charge on any atom is -0.493 e. The van der Waals surface area contributed by atoms with Crippen molar-refractivity contribution in [2.24, 2.45) is 0 Å². The van der Waals surface area contributed by atoms with Gasteiger partial charge in [-0.1, -0.05) is 12.1 Å². The van der Waals surface area contributed by atoms with Crippen LogP contribution in [0.25, 0.3) is 0 Å². The third-order valence-electron chi connectivity index (χ3n) is 3.79. The number of methoxy groups -OCH3 is 3. The van der Waals surface area contributed by atoms with Crippen LogP contribution in [-0.2, 0) is 11.2 Å². The van der Waals surface area contributed by atoms with E-state index < -0.39 is 5.97 Å². The Labute approximate surface area is 151 Å². The number of carboxylic acids is 1. The molecule has 0 fully saturated rings. The molecule has 0 aliphatic rings. The van der Waals surface area contributed by atoms with E-state index >= 15 is 0 Å². The lowest BCUT2D eigenvalue weighted by Crippen LogP contribution is -2.14. The normalized spacial score (nSPS) is 10.1. The second-order valence-corrected chi connectivity index (χ2v) is 5.43. The summed E-state index contributed by atoms with van der Waals surface area (Å²) in [5.74, 6) is -0.123. The summed E-state index contributed by atoms with van der Waals surface area (Å²) in [4.78, 5) is 23.2. The second-order valence-electron chi connectivity index (χ2n) is 5.43. The molecule has 26 heavy (non-hydrogen) atoms. The van der Waals surface area contributed by atoms with Crippen LogP contribution >= 0.6 is 0 Å². The fraction of sp³-hybridized carbons (Fsp3) is 0.263. The van der Waals surface area contributed by atoms with Gasteiger partial charge in [-0.05, 0) is 36.2 Å². The van der Waals surface area contributed by atoms with Crippen molar-refractivity contribution in [3.05, 3.63) is 47.5 Å². The SMILES string of the molecule is COc1ccc(C(=O)Nc2ccc(CCC(=O)O)cc2)c(OC)c1OC. The highest BCUT2D eigenvalue weighted by Crippen LogP contribution is 2.39. The van der Waals surface area contributed by atoms with Crippen molar-refractivity contribution in [2.45, 2.75) is 12.8 Å². The van der Waals surface area contributed by atoms with E-state index in [4.69, 9.17) is 19.3 Å². The molecule has 2 rings (SSSR count). The number of rotatable bonds is 8. The molecule has 0 aliphatic carbocycles. The molecule has 0 aromatic heterocycles. The Morgan fingerprint density at radius 1 is 0.923 bits per heavy atom. The number of benzene rings is 2. The molecular weight excluding hydrogens is 338 g/mol. The van der Waals surface area contributed by atoms with Crippen LogP contribution in [0.1, 0.15) is 22.3 Å². The van der Waals surface area contributed by atoms with Crippen molar-refractivity contribution in [3.8, 4) is 17.2 Å². The van der Waals surface area contributed by atoms with E-state index in [-0.39, 0.29) is 18.1 Å². The fourth-order valence-electron chi connectivity index (χ4n) is 2.48. The molecular formula is C19H21NO6. The Kier molecular flexibility index (Phi) is 6.43. The average Bonchev–Trinajstić information content (AvgIpc) is 2.65. The van der Waals surface area contributed by atoms with Crippen LogP contribution in [-0.4, -0.2) is 38.3 Å². The number of ether oxygens (including phenoxy) is 3. The van der Waals surface area contributed by atoms with Crippen molar-refractivity contribution >= 4 is 17.6 Å². The standard InChI is InChI=1S/C19H21NO6/c1-24-15-10-9-14(17(25-2)18(15)26-3)19(23)20-13-7-4-12(5-8-13)6-11-16(21)22/h4-5,7-10H,6,11H2,1-3H3,(H,20,23)(H,21,22). The molecule has 0 bridgehead atoms. The van der Waals surface area contributed by atoms with Gasteiger partial charge >= 0.3 is 5.97 Å². The van der Waals surface area contributed by atoms with Crippen LogP contribution in [0.15, 0.2) is 36.4 Å². The molecule has 7 nitrogen and oxygen atoms in total. The second kappa shape index (κ2) is 8.75. The lowest BCUT2D eigenvalue weighted by molar-refractivity contribution is -0.136. The lowest BCUT2D eigenvalue weighted by atomic mass is 10.1. The maximum Gasteiger partial charge on any atom is 0.303 e. The number of hydrogen-bond acceptors (Lipinski definition) is 5. The molecule has 0 heterocycles. The number of hydrogen-bond donors (Lipinski definition) is 2. The van der Waals surface area contributed by atoms with E-state index in [2.05, 4.69) is 5.32 Å². The summed E-state index contributed by atoms with van der Waals surface area (Å²) >= 11 is 0. The quantitative estimate of drug-likeness (QED) is 0.752. The first-order valence-electron chi connectivity index (χ1n) is 7.91. The number of carbonyl (C=O) groups excluding carboxylic acids is 1. The Balaban J connectivity index is 2.18. The Hall–Kier alpha value is -3.22. The Morgan fingerprint density at radius 3 is 2.12 bits per heavy atom. The lowest BCUT2D eigenvalue weighted by Gasteiger charge is -2.15. The first kappa shape index (κ1) is 19.1. The number of amides is 1. The molecule has 0 atom stereocenters. The molecule has 0 radical (unpaired) electrons. The summed E-state index contributed by atoms with van der Waals surface area (Å²) in [5, 5.41) is 11.5. The predicted molar refractivity (Wildman–Crippen MR) is 96.5 cm³/mol. The zero-order valence-corrected chi connectivity index (χ0v) is 14.9. The first-order chi connectivity index (χ1) is 12.5. The molecule has 0 unspecified atom stereocenters. The van der Waals surface area contributed by atoms with E-state index in [1.807, 2.05) is 0 Å². The summed E-state index contributed by atoms with van der Waals surface area (Å²) in [5.41, 5.74) is 1.78. The smallest absolute Gasteiger partial charge is 0.303 e. The van der Waals surface area contributed by atoms with Crippen LogP contribution in [0.4, 0.5) is 5.69 Å². The first-order valence-corrected chi connectivity index (χ1v) is 7.91. The summed E-state index contributed by atoms with van der Waals surface area (Å²) in [6.07, 6.45) is 0.502. The van der Waals surface area contributed by atoms with Gasteiger partial charge in [0, 0.05) is 12.1 Å². The summed E-state index contributed by atoms with van der Waals surface area (Å²) in [6, 6.07) is 10.2. The molecule has 0 spiro atoms. The number of anilines is 1. The number of carbonyl (C=O) groups is 2. The molecule has 0 saturated carbocycles. The van der Waals surface area contributed by atoms with Gasteiger partial charge in [0.1, 0.15) is 0 Å². The van der Waals surface area contributed by atoms with Crippen LogP contribution in [0.2, 0.25) is 0 Å². The monoisotopic (exact) mass is 359 g/mol. The third kappa shape index (κ3) is 4.44. The summed E-state index contributed by atoms with van der Waals surface area (Å²) in [6.45, 7) is 0. The van der Waals surface area contributed by atoms with Crippen molar-refractivity contribution in [3.63, 3.8) is 0 Å². The summed E-state index contributed by atoms with van der Waals surface area (Å²) < 4.78 is 15.8. The number of aliphatic carboxylic acids is 1. The van der Waals surface area contributed by atoms with Gasteiger partial charge in [-0.3, -0.25) is 9.59 Å². The molecule has 7 heteroatoms. The van der Waals surface area contributed by atoms with Crippen LogP contribution in [0.5, 0.6) is 17.2 Å². The van der Waals surface area contributed by atoms with Gasteiger partial charge in [-0.2, -0.15) is 0 Å². The maximum atomic E-state index is 12.6. The van der Waals surface area contributed by atoms with Gasteiger partial charge in [0.2, 0.25) is 5.75 Å². The van der Waals surface area contributed by atoms with E-state index in [9.17, 15) is 9.59 Å². The number of aryl methyl sites for hydroxylation is 1. The Bertz CT molecular complexity index is 785. The molecule has 0 aliphatic heterocycles. The zero-order valence-electron chi connectivity index (χ0n) is 14.9. The van der Waals surface area contributed by atoms with E-state index in [1.165, 1.54) is 21.3 Å². The molecule has 1 amide bonds. The fourth-order valence-corrected chi connectivity index (χ4v) is 2.48. The molecule has 2 aromatic rings. The molecule has 138 valence electrons. The minimum absolute atomic E-state index is 0.0640. The van der Waals surface area contributed by atoms with E-state index in [1.54, 1.807) is 36.4 Å². The topological polar surface area (TPSA) is 94.1 Å². The molecule has 2 N–H and O–H groups in total. The van der Waals surface area contributed by atoms with Gasteiger partial charge in [0.15, 0.2) is 11.5 Å². The number of nitrogens with one attached hydrogen (secondary N) is 1. The van der Waals surface area contributed by atoms with E-state index in [0.717, 1.165) is 5.56 Å². The van der Waals surface area contributed by atoms with E-state index in [0.29, 0.717) is 29.2 Å². The van der Waals surface area contributed by atoms with Crippen molar-refractivity contribution < 1.29 is 28.9 Å². The van der Waals surface area contributed by atoms with Gasteiger partial charge in [-0.15, -0.1) is 0 Å². The highest BCUT2D eigenvalue weighted by Gasteiger charge is 2.20. The predicted octanol–water partition coefficient (Wildman–Crippen LogP) is 2.98. The van der Waals surface area contributed by atoms with Crippen LogP contribution < -0.4 is 19.5 Å². The van der Waals surface area contributed by atoms with Crippen molar-refractivity contribution in [1.82, 2.24) is 0 Å². The van der Waals surface area contributed by atoms with Gasteiger partial charge in [-0.25, -0.2) is 0 Å². The van der Waals surface area contributed by atoms with Crippen molar-refractivity contribution in [1.29, 1.82) is 0 Å². The summed E-state index contributed by atoms with van der Waals surface area (Å²) in [7, 11) is 4.42. The molecule has 2 aromatic carbocycles. The van der Waals surface area contributed by atoms with Crippen LogP contribution in [0.3, 0.4) is 0 Å². The van der Waals surface area contributed by atoms with Gasteiger partial charge in [0.25, 0.3) is 5.91 Å².